The van der Waals surface area contributed by atoms with Gasteiger partial charge in [-0.2, -0.15) is 0 Å². The quantitative estimate of drug-likeness (QED) is 0.878. The third kappa shape index (κ3) is 4.96. The maximum Gasteiger partial charge on any atom is 0.416 e. The van der Waals surface area contributed by atoms with Gasteiger partial charge in [0.25, 0.3) is 0 Å². The maximum absolute atomic E-state index is 13.8. The number of hydrogen-bond acceptors (Lipinski definition) is 4. The van der Waals surface area contributed by atoms with Crippen molar-refractivity contribution in [1.29, 1.82) is 0 Å². The molecule has 0 aliphatic carbocycles. The van der Waals surface area contributed by atoms with Gasteiger partial charge in [-0.1, -0.05) is 19.9 Å². The molecule has 6 nitrogen and oxygen atoms in total. The number of ether oxygens (including phenoxy) is 1. The summed E-state index contributed by atoms with van der Waals surface area (Å²) in [6.07, 6.45) is 0.0334. The molecule has 1 aliphatic heterocycles. The third-order valence-corrected chi connectivity index (χ3v) is 3.55. The minimum Gasteiger partial charge on any atom is -0.410 e. The highest BCUT2D eigenvalue weighted by molar-refractivity contribution is 5.83. The number of rotatable bonds is 4. The summed E-state index contributed by atoms with van der Waals surface area (Å²) in [5.41, 5.74) is 0.0218. The van der Waals surface area contributed by atoms with Crippen LogP contribution in [0.2, 0.25) is 0 Å². The summed E-state index contributed by atoms with van der Waals surface area (Å²) in [5.74, 6) is -2.78. The normalized spacial score (nSPS) is 12.5. The van der Waals surface area contributed by atoms with Crippen LogP contribution in [0.5, 0.6) is 5.75 Å². The molecule has 1 N–H and O–H groups in total. The lowest BCUT2D eigenvalue weighted by Crippen LogP contribution is -2.44. The second kappa shape index (κ2) is 9.02. The molecule has 0 saturated carbocycles. The van der Waals surface area contributed by atoms with E-state index in [-0.39, 0.29) is 31.5 Å². The number of benzene rings is 1. The van der Waals surface area contributed by atoms with Crippen molar-refractivity contribution in [3.8, 4) is 5.75 Å². The number of carbonyl (C=O) groups is 2. The second-order valence-electron chi connectivity index (χ2n) is 5.30. The number of pyridine rings is 1. The van der Waals surface area contributed by atoms with Crippen LogP contribution in [0.15, 0.2) is 30.5 Å². The average Bonchev–Trinajstić information content (AvgIpc) is 2.64. The molecule has 3 rings (SSSR count). The van der Waals surface area contributed by atoms with Gasteiger partial charge in [-0.05, 0) is 12.1 Å². The van der Waals surface area contributed by atoms with Gasteiger partial charge in [0, 0.05) is 7.49 Å². The first-order valence-corrected chi connectivity index (χ1v) is 8.25. The van der Waals surface area contributed by atoms with Crippen LogP contribution in [0.25, 0.3) is 0 Å². The van der Waals surface area contributed by atoms with Crippen LogP contribution in [0.3, 0.4) is 0 Å². The van der Waals surface area contributed by atoms with Crippen LogP contribution in [-0.4, -0.2) is 28.4 Å². The topological polar surface area (TPSA) is 71.5 Å². The van der Waals surface area contributed by atoms with E-state index in [2.05, 4.69) is 10.3 Å². The van der Waals surface area contributed by atoms with Gasteiger partial charge in [-0.15, -0.1) is 0 Å². The molecule has 2 amide bonds. The Hall–Kier alpha value is -3.10. The van der Waals surface area contributed by atoms with Crippen molar-refractivity contribution in [2.24, 2.45) is 0 Å². The van der Waals surface area contributed by atoms with Crippen molar-refractivity contribution in [2.45, 2.75) is 26.9 Å². The van der Waals surface area contributed by atoms with Crippen LogP contribution < -0.4 is 10.1 Å². The highest BCUT2D eigenvalue weighted by Crippen LogP contribution is 2.27. The van der Waals surface area contributed by atoms with Gasteiger partial charge in [0.2, 0.25) is 5.91 Å². The van der Waals surface area contributed by atoms with E-state index in [4.69, 9.17) is 4.74 Å². The standard InChI is InChI=1S/C16H12F3N3O3.C2H6.H2/c17-9-4-12(19)13(20-5-9)6-21-15(23)8-22-7-10-11(18)2-1-3-14(10)25-16(22)24;1-2;/h1-5H,6-8H2,(H,21,23);1-2H3;1H. The zero-order valence-corrected chi connectivity index (χ0v) is 14.8. The highest BCUT2D eigenvalue weighted by Gasteiger charge is 2.28. The number of halogens is 3. The molecule has 2 aromatic rings. The van der Waals surface area contributed by atoms with Crippen molar-refractivity contribution in [2.75, 3.05) is 6.54 Å². The number of nitrogens with zero attached hydrogens (tertiary/aromatic N) is 2. The van der Waals surface area contributed by atoms with Crippen molar-refractivity contribution in [3.63, 3.8) is 0 Å². The predicted molar refractivity (Wildman–Crippen MR) is 92.3 cm³/mol. The van der Waals surface area contributed by atoms with Crippen molar-refractivity contribution in [1.82, 2.24) is 15.2 Å². The predicted octanol–water partition coefficient (Wildman–Crippen LogP) is 3.40. The first-order chi connectivity index (χ1) is 12.9. The molecule has 1 aromatic carbocycles. The molecule has 2 heterocycles. The molecule has 27 heavy (non-hydrogen) atoms. The van der Waals surface area contributed by atoms with Crippen LogP contribution in [-0.2, 0) is 17.9 Å². The molecule has 0 fully saturated rings. The van der Waals surface area contributed by atoms with Gasteiger partial charge in [0.05, 0.1) is 30.5 Å². The van der Waals surface area contributed by atoms with E-state index in [1.54, 1.807) is 0 Å². The molecule has 0 saturated heterocycles. The fourth-order valence-corrected chi connectivity index (χ4v) is 2.31. The van der Waals surface area contributed by atoms with Crippen molar-refractivity contribution in [3.05, 3.63) is 59.2 Å². The lowest BCUT2D eigenvalue weighted by molar-refractivity contribution is -0.122. The molecular weight excluding hydrogens is 363 g/mol. The highest BCUT2D eigenvalue weighted by atomic mass is 19.1. The Kier molecular flexibility index (Phi) is 6.75. The molecule has 9 heteroatoms. The summed E-state index contributed by atoms with van der Waals surface area (Å²) < 4.78 is 45.0. The number of aromatic nitrogens is 1. The van der Waals surface area contributed by atoms with E-state index in [1.165, 1.54) is 18.2 Å². The van der Waals surface area contributed by atoms with Gasteiger partial charge in [-0.3, -0.25) is 14.7 Å². The van der Waals surface area contributed by atoms with Crippen LogP contribution in [0.4, 0.5) is 18.0 Å². The second-order valence-corrected chi connectivity index (χ2v) is 5.30. The van der Waals surface area contributed by atoms with E-state index < -0.39 is 36.0 Å². The maximum atomic E-state index is 13.8. The number of nitrogens with one attached hydrogen (secondary N) is 1. The number of amides is 2. The fourth-order valence-electron chi connectivity index (χ4n) is 2.31. The van der Waals surface area contributed by atoms with Crippen LogP contribution in [0.1, 0.15) is 26.5 Å². The number of carbonyl (C=O) groups excluding carboxylic acids is 2. The molecule has 0 radical (unpaired) electrons. The lowest BCUT2D eigenvalue weighted by atomic mass is 10.1. The Morgan fingerprint density at radius 1 is 1.30 bits per heavy atom. The Balaban J connectivity index is 0.00000127. The Labute approximate surface area is 155 Å². The molecule has 0 atom stereocenters. The van der Waals surface area contributed by atoms with Crippen LogP contribution in [0, 0.1) is 17.5 Å². The van der Waals surface area contributed by atoms with E-state index in [0.29, 0.717) is 6.07 Å². The van der Waals surface area contributed by atoms with E-state index >= 15 is 0 Å². The van der Waals surface area contributed by atoms with Crippen LogP contribution >= 0.6 is 0 Å². The average molecular weight is 383 g/mol. The third-order valence-electron chi connectivity index (χ3n) is 3.55. The summed E-state index contributed by atoms with van der Waals surface area (Å²) >= 11 is 0. The van der Waals surface area contributed by atoms with Crippen molar-refractivity contribution < 1.29 is 28.9 Å². The monoisotopic (exact) mass is 383 g/mol. The number of hydrogen-bond donors (Lipinski definition) is 1. The zero-order valence-electron chi connectivity index (χ0n) is 14.8. The fraction of sp³-hybridized carbons (Fsp3) is 0.278. The van der Waals surface area contributed by atoms with E-state index in [0.717, 1.165) is 11.1 Å². The zero-order chi connectivity index (χ0) is 20.0. The smallest absolute Gasteiger partial charge is 0.410 e. The first-order valence-electron chi connectivity index (χ1n) is 8.25. The number of fused-ring (bicyclic) bond motifs is 1. The minimum atomic E-state index is -0.895. The SMILES string of the molecule is CC.O=C(CN1Cc2c(F)cccc2OC1=O)NCc1ncc(F)cc1F.[HH]. The van der Waals surface area contributed by atoms with Crippen molar-refractivity contribution >= 4 is 12.0 Å². The molecule has 0 bridgehead atoms. The summed E-state index contributed by atoms with van der Waals surface area (Å²) in [6, 6.07) is 4.74. The Morgan fingerprint density at radius 3 is 2.74 bits per heavy atom. The van der Waals surface area contributed by atoms with E-state index in [1.807, 2.05) is 13.8 Å². The molecular formula is C18H20F3N3O3. The summed E-state index contributed by atoms with van der Waals surface area (Å²) in [5, 5.41) is 2.36. The molecule has 1 aliphatic rings. The van der Waals surface area contributed by atoms with E-state index in [9.17, 15) is 22.8 Å². The summed E-state index contributed by atoms with van der Waals surface area (Å²) in [6.45, 7) is 3.19. The first kappa shape index (κ1) is 20.2. The van der Waals surface area contributed by atoms with Gasteiger partial charge in [0.1, 0.15) is 29.7 Å². The Bertz CT molecular complexity index is 852. The largest absolute Gasteiger partial charge is 0.416 e. The van der Waals surface area contributed by atoms with Gasteiger partial charge < -0.3 is 10.1 Å². The molecule has 0 spiro atoms. The molecule has 0 unspecified atom stereocenters. The lowest BCUT2D eigenvalue weighted by Gasteiger charge is -2.27. The minimum absolute atomic E-state index is 0. The van der Waals surface area contributed by atoms with Gasteiger partial charge >= 0.3 is 6.09 Å². The summed E-state index contributed by atoms with van der Waals surface area (Å²) in [7, 11) is 0. The van der Waals surface area contributed by atoms with Gasteiger partial charge in [0.15, 0.2) is 0 Å². The Morgan fingerprint density at radius 2 is 2.04 bits per heavy atom. The molecule has 1 aromatic heterocycles. The van der Waals surface area contributed by atoms with Gasteiger partial charge in [-0.25, -0.2) is 18.0 Å². The molecule has 146 valence electrons. The summed E-state index contributed by atoms with van der Waals surface area (Å²) in [4.78, 5) is 28.3.